The number of nitrogens with one attached hydrogen (secondary N) is 1. The van der Waals surface area contributed by atoms with Gasteiger partial charge < -0.3 is 14.9 Å². The van der Waals surface area contributed by atoms with E-state index < -0.39 is 0 Å². The van der Waals surface area contributed by atoms with E-state index in [0.717, 1.165) is 30.9 Å². The van der Waals surface area contributed by atoms with E-state index in [2.05, 4.69) is 20.0 Å². The molecular formula is C23H23FN4O2. The molecule has 2 N–H and O–H groups in total. The molecule has 1 aromatic heterocycles. The number of likely N-dealkylation sites (tertiary alicyclic amines) is 1. The third-order valence-electron chi connectivity index (χ3n) is 5.70. The van der Waals surface area contributed by atoms with Gasteiger partial charge in [0.25, 0.3) is 0 Å². The van der Waals surface area contributed by atoms with Gasteiger partial charge in [0.05, 0.1) is 11.3 Å². The summed E-state index contributed by atoms with van der Waals surface area (Å²) in [5.74, 6) is -0.446. The molecule has 0 amide bonds. The highest BCUT2D eigenvalue weighted by Crippen LogP contribution is 2.35. The molecule has 0 aliphatic carbocycles. The van der Waals surface area contributed by atoms with Crippen molar-refractivity contribution in [2.75, 3.05) is 26.2 Å². The third-order valence-corrected chi connectivity index (χ3v) is 5.70. The fourth-order valence-electron chi connectivity index (χ4n) is 4.19. The van der Waals surface area contributed by atoms with Gasteiger partial charge in [0.1, 0.15) is 23.8 Å². The topological polar surface area (TPSA) is 73.2 Å². The Morgan fingerprint density at radius 2 is 1.97 bits per heavy atom. The lowest BCUT2D eigenvalue weighted by Gasteiger charge is -2.25. The molecule has 154 valence electrons. The van der Waals surface area contributed by atoms with Crippen molar-refractivity contribution in [1.82, 2.24) is 9.88 Å². The van der Waals surface area contributed by atoms with Crippen molar-refractivity contribution in [3.8, 4) is 5.88 Å². The van der Waals surface area contributed by atoms with Crippen molar-refractivity contribution < 1.29 is 14.3 Å². The van der Waals surface area contributed by atoms with E-state index in [-0.39, 0.29) is 11.7 Å². The quantitative estimate of drug-likeness (QED) is 0.489. The Labute approximate surface area is 173 Å². The molecule has 0 bridgehead atoms. The predicted octanol–water partition coefficient (Wildman–Crippen LogP) is 4.35. The van der Waals surface area contributed by atoms with Crippen LogP contribution in [0.4, 0.5) is 10.1 Å². The van der Waals surface area contributed by atoms with Crippen molar-refractivity contribution >= 4 is 28.0 Å². The molecule has 2 aromatic carbocycles. The van der Waals surface area contributed by atoms with Crippen LogP contribution in [0.15, 0.2) is 52.6 Å². The summed E-state index contributed by atoms with van der Waals surface area (Å²) in [6.45, 7) is 3.51. The number of fused-ring (bicyclic) bond motifs is 2. The molecule has 3 heterocycles. The molecule has 1 fully saturated rings. The number of nitrogens with zero attached hydrogens (tertiary/aromatic N) is 3. The fraction of sp³-hybridized carbons (Fsp3) is 0.304. The first-order valence-electron chi connectivity index (χ1n) is 10.3. The predicted molar refractivity (Wildman–Crippen MR) is 115 cm³/mol. The van der Waals surface area contributed by atoms with Gasteiger partial charge in [0, 0.05) is 23.0 Å². The van der Waals surface area contributed by atoms with Gasteiger partial charge in [0.2, 0.25) is 0 Å². The summed E-state index contributed by atoms with van der Waals surface area (Å²) in [6.07, 6.45) is 3.76. The molecular weight excluding hydrogens is 383 g/mol. The number of rotatable bonds is 5. The van der Waals surface area contributed by atoms with Crippen molar-refractivity contribution in [2.24, 2.45) is 10.1 Å². The lowest BCUT2D eigenvalue weighted by Crippen LogP contribution is -2.32. The largest absolute Gasteiger partial charge is 0.494 e. The maximum Gasteiger partial charge on any atom is 0.199 e. The van der Waals surface area contributed by atoms with Crippen LogP contribution < -0.4 is 0 Å². The zero-order valence-electron chi connectivity index (χ0n) is 16.6. The molecule has 2 aliphatic heterocycles. The lowest BCUT2D eigenvalue weighted by molar-refractivity contribution is 0.103. The third kappa shape index (κ3) is 3.45. The fourth-order valence-corrected chi connectivity index (χ4v) is 4.19. The normalized spacial score (nSPS) is 18.0. The highest BCUT2D eigenvalue weighted by molar-refractivity contribution is 6.58. The van der Waals surface area contributed by atoms with Gasteiger partial charge in [-0.25, -0.2) is 9.38 Å². The molecule has 3 aromatic rings. The number of para-hydroxylation sites is 1. The first kappa shape index (κ1) is 18.8. The highest BCUT2D eigenvalue weighted by Gasteiger charge is 2.29. The summed E-state index contributed by atoms with van der Waals surface area (Å²) in [4.78, 5) is 15.6. The Balaban J connectivity index is 1.46. The average Bonchev–Trinajstić information content (AvgIpc) is 3.28. The summed E-state index contributed by atoms with van der Waals surface area (Å²) in [6, 6.07) is 12.0. The maximum atomic E-state index is 13.9. The second-order valence-electron chi connectivity index (χ2n) is 7.69. The Bertz CT molecular complexity index is 1150. The van der Waals surface area contributed by atoms with Crippen molar-refractivity contribution in [3.05, 3.63) is 59.4 Å². The van der Waals surface area contributed by atoms with Crippen LogP contribution in [0, 0.1) is 5.82 Å². The molecule has 1 saturated heterocycles. The Kier molecular flexibility index (Phi) is 4.96. The summed E-state index contributed by atoms with van der Waals surface area (Å²) < 4.78 is 13.9. The number of aromatic amines is 1. The van der Waals surface area contributed by atoms with E-state index >= 15 is 0 Å². The smallest absolute Gasteiger partial charge is 0.199 e. The van der Waals surface area contributed by atoms with E-state index in [1.54, 1.807) is 6.07 Å². The standard InChI is InChI=1S/C23H23FN4O2/c24-15-8-9-19-17(14-15)20(23(29)26-19)22-21(16-6-2-3-7-18(16)25-22)27-30-13-12-28-10-4-1-5-11-28/h2-3,6-9,14,26,29H,1,4-5,10-13H2. The SMILES string of the molecule is Oc1[nH]c2ccc(F)cc2c1C1=Nc2ccccc2C1=NOCCN1CCCCC1. The van der Waals surface area contributed by atoms with Gasteiger partial charge in [-0.2, -0.15) is 0 Å². The molecule has 6 nitrogen and oxygen atoms in total. The zero-order chi connectivity index (χ0) is 20.5. The molecule has 0 saturated carbocycles. The van der Waals surface area contributed by atoms with E-state index in [4.69, 9.17) is 4.84 Å². The molecule has 30 heavy (non-hydrogen) atoms. The van der Waals surface area contributed by atoms with Gasteiger partial charge in [-0.05, 0) is 50.2 Å². The second kappa shape index (κ2) is 7.91. The van der Waals surface area contributed by atoms with Crippen LogP contribution in [0.25, 0.3) is 10.9 Å². The van der Waals surface area contributed by atoms with Crippen LogP contribution >= 0.6 is 0 Å². The van der Waals surface area contributed by atoms with Gasteiger partial charge >= 0.3 is 0 Å². The monoisotopic (exact) mass is 406 g/mol. The molecule has 0 radical (unpaired) electrons. The minimum Gasteiger partial charge on any atom is -0.494 e. The number of hydrogen-bond acceptors (Lipinski definition) is 5. The number of aromatic hydroxyl groups is 1. The Morgan fingerprint density at radius 1 is 1.13 bits per heavy atom. The van der Waals surface area contributed by atoms with Crippen LogP contribution in [0.5, 0.6) is 5.88 Å². The molecule has 7 heteroatoms. The number of aromatic nitrogens is 1. The molecule has 0 spiro atoms. The molecule has 5 rings (SSSR count). The summed E-state index contributed by atoms with van der Waals surface area (Å²) in [5, 5.41) is 15.5. The van der Waals surface area contributed by atoms with Gasteiger partial charge in [0.15, 0.2) is 5.88 Å². The number of piperidine rings is 1. The van der Waals surface area contributed by atoms with Crippen molar-refractivity contribution in [3.63, 3.8) is 0 Å². The maximum absolute atomic E-state index is 13.9. The van der Waals surface area contributed by atoms with Crippen LogP contribution in [-0.2, 0) is 4.84 Å². The first-order chi connectivity index (χ1) is 14.7. The Hall–Kier alpha value is -3.19. The van der Waals surface area contributed by atoms with Crippen LogP contribution in [0.3, 0.4) is 0 Å². The summed E-state index contributed by atoms with van der Waals surface area (Å²) >= 11 is 0. The van der Waals surface area contributed by atoms with Crippen LogP contribution in [-0.4, -0.2) is 52.7 Å². The van der Waals surface area contributed by atoms with Crippen molar-refractivity contribution in [2.45, 2.75) is 19.3 Å². The average molecular weight is 406 g/mol. The lowest BCUT2D eigenvalue weighted by atomic mass is 10.0. The van der Waals surface area contributed by atoms with Crippen LogP contribution in [0.1, 0.15) is 30.4 Å². The number of benzene rings is 2. The number of halogens is 1. The van der Waals surface area contributed by atoms with E-state index in [1.807, 2.05) is 24.3 Å². The number of H-pyrrole nitrogens is 1. The summed E-state index contributed by atoms with van der Waals surface area (Å²) in [5.41, 5.74) is 3.66. The highest BCUT2D eigenvalue weighted by atomic mass is 19.1. The zero-order valence-corrected chi connectivity index (χ0v) is 16.6. The first-order valence-corrected chi connectivity index (χ1v) is 10.3. The van der Waals surface area contributed by atoms with Gasteiger partial charge in [-0.15, -0.1) is 0 Å². The van der Waals surface area contributed by atoms with Gasteiger partial charge in [-0.1, -0.05) is 29.8 Å². The second-order valence-corrected chi connectivity index (χ2v) is 7.69. The minimum atomic E-state index is -0.380. The molecule has 0 unspecified atom stereocenters. The number of aliphatic imine (C=N–C) groups is 1. The van der Waals surface area contributed by atoms with Crippen molar-refractivity contribution in [1.29, 1.82) is 0 Å². The minimum absolute atomic E-state index is 0.0665. The van der Waals surface area contributed by atoms with E-state index in [9.17, 15) is 9.50 Å². The molecule has 0 atom stereocenters. The number of oxime groups is 1. The van der Waals surface area contributed by atoms with Crippen LogP contribution in [0.2, 0.25) is 0 Å². The van der Waals surface area contributed by atoms with E-state index in [0.29, 0.717) is 34.5 Å². The van der Waals surface area contributed by atoms with Gasteiger partial charge in [-0.3, -0.25) is 4.90 Å². The Morgan fingerprint density at radius 3 is 2.83 bits per heavy atom. The molecule has 2 aliphatic rings. The van der Waals surface area contributed by atoms with E-state index in [1.165, 1.54) is 31.4 Å². The number of hydrogen-bond donors (Lipinski definition) is 2. The summed E-state index contributed by atoms with van der Waals surface area (Å²) in [7, 11) is 0.